The average Bonchev–Trinajstić information content (AvgIpc) is 2.73. The Labute approximate surface area is 81.2 Å². The van der Waals surface area contributed by atoms with E-state index < -0.39 is 0 Å². The van der Waals surface area contributed by atoms with Crippen LogP contribution in [0.25, 0.3) is 21.9 Å². The summed E-state index contributed by atoms with van der Waals surface area (Å²) in [6, 6.07) is 6.50. The number of hydrogen-bond donors (Lipinski definition) is 0. The van der Waals surface area contributed by atoms with Crippen LogP contribution in [0.4, 0.5) is 0 Å². The second-order valence-electron chi connectivity index (χ2n) is 2.80. The molecule has 1 heterocycles. The molecule has 0 atom stereocenters. The van der Waals surface area contributed by atoms with E-state index in [4.69, 9.17) is 9.90 Å². The minimum atomic E-state index is -0.262. The zero-order chi connectivity index (χ0) is 12.2. The highest BCUT2D eigenvalue weighted by Crippen LogP contribution is 2.27. The lowest BCUT2D eigenvalue weighted by Crippen LogP contribution is -1.62. The van der Waals surface area contributed by atoms with E-state index >= 15 is 0 Å². The molecule has 0 saturated heterocycles. The molecule has 0 unspecified atom stereocenters. The lowest BCUT2D eigenvalue weighted by Gasteiger charge is -1.85. The van der Waals surface area contributed by atoms with Gasteiger partial charge in [0.05, 0.1) is 5.48 Å². The maximum Gasteiger partial charge on any atom is 0.135 e. The molecule has 0 radical (unpaired) electrons. The van der Waals surface area contributed by atoms with E-state index in [2.05, 4.69) is 0 Å². The van der Waals surface area contributed by atoms with Crippen molar-refractivity contribution in [3.05, 3.63) is 48.4 Å². The third-order valence-corrected chi connectivity index (χ3v) is 2.02. The third-order valence-electron chi connectivity index (χ3n) is 2.02. The fourth-order valence-electron chi connectivity index (χ4n) is 1.44. The van der Waals surface area contributed by atoms with Gasteiger partial charge in [0.15, 0.2) is 0 Å². The van der Waals surface area contributed by atoms with Gasteiger partial charge in [0.2, 0.25) is 0 Å². The summed E-state index contributed by atoms with van der Waals surface area (Å²) in [5.74, 6) is 0. The van der Waals surface area contributed by atoms with Gasteiger partial charge < -0.3 is 4.42 Å². The topological polar surface area (TPSA) is 13.1 Å². The molecule has 0 amide bonds. The van der Waals surface area contributed by atoms with Gasteiger partial charge >= 0.3 is 0 Å². The van der Waals surface area contributed by atoms with E-state index in [1.807, 2.05) is 6.07 Å². The van der Waals surface area contributed by atoms with Crippen LogP contribution in [0.1, 0.15) is 5.48 Å². The number of para-hydroxylation sites is 2. The molecular weight excluding hydrogens is 160 g/mol. The Balaban J connectivity index is 2.67. The zero-order valence-electron chi connectivity index (χ0n) is 10.7. The van der Waals surface area contributed by atoms with Gasteiger partial charge in [-0.1, -0.05) is 36.3 Å². The average molecular weight is 172 g/mol. The predicted octanol–water partition coefficient (Wildman–Crippen LogP) is 3.59. The minimum Gasteiger partial charge on any atom is -0.456 e. The third kappa shape index (κ3) is 0.872. The number of furan rings is 1. The fourth-order valence-corrected chi connectivity index (χ4v) is 1.44. The van der Waals surface area contributed by atoms with Crippen molar-refractivity contribution in [3.63, 3.8) is 0 Å². The van der Waals surface area contributed by atoms with Crippen molar-refractivity contribution in [2.75, 3.05) is 0 Å². The van der Waals surface area contributed by atoms with Gasteiger partial charge in [-0.2, -0.15) is 0 Å². The second-order valence-corrected chi connectivity index (χ2v) is 2.80. The summed E-state index contributed by atoms with van der Waals surface area (Å²) >= 11 is 0. The van der Waals surface area contributed by atoms with Crippen molar-refractivity contribution < 1.29 is 9.90 Å². The van der Waals surface area contributed by atoms with E-state index in [9.17, 15) is 0 Å². The molecule has 3 aromatic rings. The van der Waals surface area contributed by atoms with Crippen molar-refractivity contribution in [2.45, 2.75) is 0 Å². The van der Waals surface area contributed by atoms with Gasteiger partial charge in [-0.3, -0.25) is 0 Å². The number of fused-ring (bicyclic) bond motifs is 3. The normalized spacial score (nSPS) is 15.4. The molecule has 0 aliphatic carbocycles. The first-order valence-corrected chi connectivity index (χ1v) is 3.99. The minimum absolute atomic E-state index is 0.0500. The molecule has 1 aromatic heterocycles. The first-order chi connectivity index (χ1) is 8.11. The van der Waals surface area contributed by atoms with Crippen molar-refractivity contribution >= 4 is 21.9 Å². The molecule has 0 saturated carbocycles. The Morgan fingerprint density at radius 3 is 2.77 bits per heavy atom. The Bertz CT molecular complexity index is 745. The van der Waals surface area contributed by atoms with Crippen LogP contribution in [0.2, 0.25) is 0 Å². The Hall–Kier alpha value is -1.76. The van der Waals surface area contributed by atoms with Crippen LogP contribution in [0, 0.1) is 0 Å². The van der Waals surface area contributed by atoms with Crippen LogP contribution in [0.15, 0.2) is 52.9 Å². The van der Waals surface area contributed by atoms with Crippen LogP contribution in [-0.4, -0.2) is 0 Å². The van der Waals surface area contributed by atoms with Gasteiger partial charge in [-0.15, -0.1) is 0 Å². The van der Waals surface area contributed by atoms with Gasteiger partial charge in [0, 0.05) is 10.8 Å². The summed E-state index contributed by atoms with van der Waals surface area (Å²) in [6.07, 6.45) is 0. The van der Waals surface area contributed by atoms with Crippen molar-refractivity contribution in [1.29, 1.82) is 0 Å². The highest BCUT2D eigenvalue weighted by atomic mass is 16.3. The van der Waals surface area contributed by atoms with Crippen molar-refractivity contribution in [1.82, 2.24) is 0 Å². The maximum absolute atomic E-state index is 7.87. The van der Waals surface area contributed by atoms with Crippen LogP contribution >= 0.6 is 0 Å². The van der Waals surface area contributed by atoms with Gasteiger partial charge in [-0.25, -0.2) is 0 Å². The standard InChI is InChI=1S/C12H8O/c1-3-7-11-9(5-1)10-6-2-4-8-12(10)13-11/h1-8H/i1D,3D,5D,7D. The van der Waals surface area contributed by atoms with E-state index in [1.165, 1.54) is 0 Å². The number of benzene rings is 2. The summed E-state index contributed by atoms with van der Waals surface area (Å²) in [4.78, 5) is 0. The summed E-state index contributed by atoms with van der Waals surface area (Å²) in [5.41, 5.74) is 0.798. The van der Waals surface area contributed by atoms with Gasteiger partial charge in [-0.05, 0) is 12.1 Å². The zero-order valence-corrected chi connectivity index (χ0v) is 6.72. The molecule has 0 aliphatic heterocycles. The van der Waals surface area contributed by atoms with E-state index in [-0.39, 0.29) is 29.8 Å². The molecule has 0 aliphatic rings. The largest absolute Gasteiger partial charge is 0.456 e. The van der Waals surface area contributed by atoms with Crippen LogP contribution in [-0.2, 0) is 0 Å². The molecule has 3 rings (SSSR count). The maximum atomic E-state index is 7.87. The number of hydrogen-bond acceptors (Lipinski definition) is 1. The second kappa shape index (κ2) is 2.36. The van der Waals surface area contributed by atoms with Crippen molar-refractivity contribution in [3.8, 4) is 0 Å². The van der Waals surface area contributed by atoms with Crippen LogP contribution < -0.4 is 0 Å². The van der Waals surface area contributed by atoms with Gasteiger partial charge in [0.1, 0.15) is 11.2 Å². The molecule has 1 heteroatoms. The van der Waals surface area contributed by atoms with E-state index in [1.54, 1.807) is 18.2 Å². The van der Waals surface area contributed by atoms with E-state index in [0.29, 0.717) is 11.0 Å². The molecule has 0 N–H and O–H groups in total. The summed E-state index contributed by atoms with van der Waals surface area (Å²) < 4.78 is 36.4. The Morgan fingerprint density at radius 2 is 1.77 bits per heavy atom. The molecule has 2 aromatic carbocycles. The van der Waals surface area contributed by atoms with Crippen LogP contribution in [0.3, 0.4) is 0 Å². The lowest BCUT2D eigenvalue weighted by atomic mass is 10.2. The fraction of sp³-hybridized carbons (Fsp3) is 0. The molecule has 1 nitrogen and oxygen atoms in total. The highest BCUT2D eigenvalue weighted by molar-refractivity contribution is 6.04. The summed E-state index contributed by atoms with van der Waals surface area (Å²) in [5, 5.41) is 1.17. The molecule has 0 bridgehead atoms. The smallest absolute Gasteiger partial charge is 0.135 e. The van der Waals surface area contributed by atoms with E-state index in [0.717, 1.165) is 5.39 Å². The molecule has 13 heavy (non-hydrogen) atoms. The molecular formula is C12H8O. The SMILES string of the molecule is [2H]c1c([2H])c([2H])c2c(oc3ccccc32)c1[2H]. The summed E-state index contributed by atoms with van der Waals surface area (Å²) in [7, 11) is 0. The molecule has 0 spiro atoms. The predicted molar refractivity (Wildman–Crippen MR) is 53.7 cm³/mol. The highest BCUT2D eigenvalue weighted by Gasteiger charge is 2.02. The number of rotatable bonds is 0. The summed E-state index contributed by atoms with van der Waals surface area (Å²) in [6.45, 7) is 0. The first-order valence-electron chi connectivity index (χ1n) is 5.99. The van der Waals surface area contributed by atoms with Crippen LogP contribution in [0.5, 0.6) is 0 Å². The monoisotopic (exact) mass is 172 g/mol. The molecule has 62 valence electrons. The molecule has 0 fully saturated rings. The quantitative estimate of drug-likeness (QED) is 0.505. The van der Waals surface area contributed by atoms with Crippen molar-refractivity contribution in [2.24, 2.45) is 0 Å². The lowest BCUT2D eigenvalue weighted by molar-refractivity contribution is 0.669. The Morgan fingerprint density at radius 1 is 0.923 bits per heavy atom. The van der Waals surface area contributed by atoms with Gasteiger partial charge in [0.25, 0.3) is 0 Å². The Kier molecular flexibility index (Phi) is 0.720. The first kappa shape index (κ1) is 3.97.